The van der Waals surface area contributed by atoms with Crippen LogP contribution < -0.4 is 5.32 Å². The fourth-order valence-electron chi connectivity index (χ4n) is 1.84. The van der Waals surface area contributed by atoms with E-state index in [1.807, 2.05) is 13.1 Å². The number of hydrogen-bond donors (Lipinski definition) is 1. The topological polar surface area (TPSA) is 85.6 Å². The molecule has 0 atom stereocenters. The molecular formula is C13H10Cl2N6OS2. The minimum Gasteiger partial charge on any atom is -0.305 e. The normalized spacial score (nSPS) is 10.8. The second-order valence-corrected chi connectivity index (χ2v) is 7.16. The van der Waals surface area contributed by atoms with E-state index >= 15 is 0 Å². The molecule has 1 aromatic carbocycles. The van der Waals surface area contributed by atoms with Gasteiger partial charge in [-0.1, -0.05) is 46.3 Å². The first-order chi connectivity index (χ1) is 11.5. The van der Waals surface area contributed by atoms with Crippen LogP contribution in [0.3, 0.4) is 0 Å². The Hall–Kier alpha value is -1.68. The summed E-state index contributed by atoms with van der Waals surface area (Å²) >= 11 is 14.5. The average molecular weight is 401 g/mol. The Kier molecular flexibility index (Phi) is 5.34. The van der Waals surface area contributed by atoms with Crippen LogP contribution in [0.15, 0.2) is 28.9 Å². The van der Waals surface area contributed by atoms with E-state index in [1.165, 1.54) is 23.1 Å². The minimum absolute atomic E-state index is 0.184. The zero-order valence-corrected chi connectivity index (χ0v) is 15.4. The van der Waals surface area contributed by atoms with Gasteiger partial charge in [0.1, 0.15) is 5.51 Å². The van der Waals surface area contributed by atoms with Gasteiger partial charge in [0.2, 0.25) is 11.0 Å². The smallest absolute Gasteiger partial charge is 0.236 e. The van der Waals surface area contributed by atoms with Gasteiger partial charge in [0.25, 0.3) is 0 Å². The van der Waals surface area contributed by atoms with Gasteiger partial charge in [-0.25, -0.2) is 0 Å². The molecule has 7 nitrogen and oxygen atoms in total. The van der Waals surface area contributed by atoms with Crippen molar-refractivity contribution in [2.45, 2.75) is 5.16 Å². The van der Waals surface area contributed by atoms with E-state index in [4.69, 9.17) is 23.2 Å². The van der Waals surface area contributed by atoms with Crippen molar-refractivity contribution in [2.75, 3.05) is 11.1 Å². The standard InChI is InChI=1S/C13H10Cl2N6OS2/c1-21-11(7-2-3-8(14)9(15)4-7)18-20-13(21)23-5-10(22)17-12-19-16-6-24-12/h2-4,6H,5H2,1H3,(H,17,19,22). The second kappa shape index (κ2) is 7.47. The van der Waals surface area contributed by atoms with Crippen LogP contribution in [0, 0.1) is 0 Å². The van der Waals surface area contributed by atoms with Crippen molar-refractivity contribution >= 4 is 57.3 Å². The summed E-state index contributed by atoms with van der Waals surface area (Å²) in [6.45, 7) is 0. The molecular weight excluding hydrogens is 391 g/mol. The van der Waals surface area contributed by atoms with E-state index in [1.54, 1.807) is 22.2 Å². The molecule has 3 aromatic rings. The second-order valence-electron chi connectivity index (χ2n) is 4.57. The maximum Gasteiger partial charge on any atom is 0.236 e. The van der Waals surface area contributed by atoms with E-state index in [2.05, 4.69) is 25.7 Å². The lowest BCUT2D eigenvalue weighted by Gasteiger charge is -2.05. The first-order valence-electron chi connectivity index (χ1n) is 6.58. The highest BCUT2D eigenvalue weighted by molar-refractivity contribution is 7.99. The lowest BCUT2D eigenvalue weighted by atomic mass is 10.2. The molecule has 11 heteroatoms. The zero-order valence-electron chi connectivity index (χ0n) is 12.2. The molecule has 0 aliphatic heterocycles. The fraction of sp³-hybridized carbons (Fsp3) is 0.154. The van der Waals surface area contributed by atoms with Crippen LogP contribution in [-0.4, -0.2) is 36.6 Å². The third-order valence-corrected chi connectivity index (χ3v) is 5.32. The van der Waals surface area contributed by atoms with Crippen molar-refractivity contribution in [3.05, 3.63) is 33.8 Å². The number of anilines is 1. The predicted octanol–water partition coefficient (Wildman–Crippen LogP) is 3.37. The molecule has 0 saturated heterocycles. The van der Waals surface area contributed by atoms with Gasteiger partial charge in [0, 0.05) is 12.6 Å². The molecule has 0 aliphatic rings. The summed E-state index contributed by atoms with van der Waals surface area (Å²) in [5.41, 5.74) is 2.35. The number of hydrogen-bond acceptors (Lipinski definition) is 7. The summed E-state index contributed by atoms with van der Waals surface area (Å²) in [4.78, 5) is 11.9. The molecule has 0 aliphatic carbocycles. The fourth-order valence-corrected chi connectivity index (χ4v) is 3.31. The lowest BCUT2D eigenvalue weighted by molar-refractivity contribution is -0.113. The third-order valence-electron chi connectivity index (χ3n) is 2.95. The van der Waals surface area contributed by atoms with Crippen LogP contribution in [0.25, 0.3) is 11.4 Å². The van der Waals surface area contributed by atoms with Crippen molar-refractivity contribution in [2.24, 2.45) is 7.05 Å². The number of amides is 1. The number of benzene rings is 1. The number of rotatable bonds is 5. The highest BCUT2D eigenvalue weighted by Gasteiger charge is 2.14. The Morgan fingerprint density at radius 3 is 2.83 bits per heavy atom. The summed E-state index contributed by atoms with van der Waals surface area (Å²) in [7, 11) is 1.82. The molecule has 124 valence electrons. The van der Waals surface area contributed by atoms with Crippen molar-refractivity contribution in [3.63, 3.8) is 0 Å². The Labute approximate surface area is 155 Å². The van der Waals surface area contributed by atoms with E-state index < -0.39 is 0 Å². The molecule has 3 rings (SSSR count). The van der Waals surface area contributed by atoms with Gasteiger partial charge in [-0.3, -0.25) is 10.1 Å². The average Bonchev–Trinajstić information content (AvgIpc) is 3.18. The van der Waals surface area contributed by atoms with Crippen LogP contribution in [0.5, 0.6) is 0 Å². The molecule has 0 bridgehead atoms. The van der Waals surface area contributed by atoms with E-state index in [0.29, 0.717) is 26.2 Å². The summed E-state index contributed by atoms with van der Waals surface area (Å²) in [6.07, 6.45) is 0. The predicted molar refractivity (Wildman–Crippen MR) is 95.7 cm³/mol. The quantitative estimate of drug-likeness (QED) is 0.660. The van der Waals surface area contributed by atoms with Gasteiger partial charge in [-0.15, -0.1) is 20.4 Å². The monoisotopic (exact) mass is 400 g/mol. The van der Waals surface area contributed by atoms with Crippen LogP contribution in [-0.2, 0) is 11.8 Å². The van der Waals surface area contributed by atoms with Crippen molar-refractivity contribution in [3.8, 4) is 11.4 Å². The molecule has 1 N–H and O–H groups in total. The SMILES string of the molecule is Cn1c(SCC(=O)Nc2nncs2)nnc1-c1ccc(Cl)c(Cl)c1. The van der Waals surface area contributed by atoms with E-state index in [0.717, 1.165) is 5.56 Å². The van der Waals surface area contributed by atoms with Crippen molar-refractivity contribution in [1.82, 2.24) is 25.0 Å². The van der Waals surface area contributed by atoms with Crippen LogP contribution >= 0.6 is 46.3 Å². The number of thioether (sulfide) groups is 1. The maximum atomic E-state index is 11.9. The highest BCUT2D eigenvalue weighted by Crippen LogP contribution is 2.29. The summed E-state index contributed by atoms with van der Waals surface area (Å²) < 4.78 is 1.79. The largest absolute Gasteiger partial charge is 0.305 e. The maximum absolute atomic E-state index is 11.9. The zero-order chi connectivity index (χ0) is 17.1. The highest BCUT2D eigenvalue weighted by atomic mass is 35.5. The summed E-state index contributed by atoms with van der Waals surface area (Å²) in [5.74, 6) is 0.642. The van der Waals surface area contributed by atoms with Crippen molar-refractivity contribution in [1.29, 1.82) is 0 Å². The molecule has 0 unspecified atom stereocenters. The van der Waals surface area contributed by atoms with E-state index in [-0.39, 0.29) is 11.7 Å². The Morgan fingerprint density at radius 1 is 1.29 bits per heavy atom. The molecule has 2 aromatic heterocycles. The number of carbonyl (C=O) groups is 1. The van der Waals surface area contributed by atoms with Gasteiger partial charge in [-0.2, -0.15) is 0 Å². The Morgan fingerprint density at radius 2 is 2.12 bits per heavy atom. The van der Waals surface area contributed by atoms with Gasteiger partial charge in [-0.05, 0) is 18.2 Å². The van der Waals surface area contributed by atoms with Gasteiger partial charge in [0.15, 0.2) is 11.0 Å². The van der Waals surface area contributed by atoms with Crippen LogP contribution in [0.2, 0.25) is 10.0 Å². The Balaban J connectivity index is 1.68. The van der Waals surface area contributed by atoms with Gasteiger partial charge in [0.05, 0.1) is 15.8 Å². The molecule has 0 saturated carbocycles. The lowest BCUT2D eigenvalue weighted by Crippen LogP contribution is -2.14. The minimum atomic E-state index is -0.184. The first kappa shape index (κ1) is 17.2. The first-order valence-corrected chi connectivity index (χ1v) is 9.20. The summed E-state index contributed by atoms with van der Waals surface area (Å²) in [6, 6.07) is 5.25. The van der Waals surface area contributed by atoms with Crippen LogP contribution in [0.4, 0.5) is 5.13 Å². The van der Waals surface area contributed by atoms with Crippen molar-refractivity contribution < 1.29 is 4.79 Å². The molecule has 1 amide bonds. The van der Waals surface area contributed by atoms with Gasteiger partial charge >= 0.3 is 0 Å². The summed E-state index contributed by atoms with van der Waals surface area (Å²) in [5, 5.41) is 20.3. The van der Waals surface area contributed by atoms with E-state index in [9.17, 15) is 4.79 Å². The number of carbonyl (C=O) groups excluding carboxylic acids is 1. The third kappa shape index (κ3) is 3.86. The number of halogens is 2. The number of aromatic nitrogens is 5. The molecule has 0 radical (unpaired) electrons. The molecule has 0 spiro atoms. The molecule has 24 heavy (non-hydrogen) atoms. The Bertz CT molecular complexity index is 867. The van der Waals surface area contributed by atoms with Crippen LogP contribution in [0.1, 0.15) is 0 Å². The number of nitrogens with zero attached hydrogens (tertiary/aromatic N) is 5. The van der Waals surface area contributed by atoms with Gasteiger partial charge < -0.3 is 4.57 Å². The number of nitrogens with one attached hydrogen (secondary N) is 1. The molecule has 0 fully saturated rings. The molecule has 2 heterocycles.